The van der Waals surface area contributed by atoms with Crippen LogP contribution < -0.4 is 11.5 Å². The van der Waals surface area contributed by atoms with Crippen LogP contribution in [-0.4, -0.2) is 57.2 Å². The fourth-order valence-electron chi connectivity index (χ4n) is 2.77. The predicted molar refractivity (Wildman–Crippen MR) is 79.4 cm³/mol. The van der Waals surface area contributed by atoms with E-state index in [1.165, 1.54) is 6.33 Å². The van der Waals surface area contributed by atoms with Crippen LogP contribution in [0.5, 0.6) is 0 Å². The second kappa shape index (κ2) is 5.92. The molecule has 3 rings (SSSR count). The van der Waals surface area contributed by atoms with E-state index in [1.54, 1.807) is 6.33 Å². The maximum Gasteiger partial charge on any atom is 0.167 e. The highest BCUT2D eigenvalue weighted by Gasteiger charge is 2.28. The molecule has 4 N–H and O–H groups in total. The fraction of sp³-hybridized carbons (Fsp3) is 0.615. The van der Waals surface area contributed by atoms with Gasteiger partial charge in [-0.3, -0.25) is 4.57 Å². The number of nitrogen functional groups attached to an aromatic ring is 1. The van der Waals surface area contributed by atoms with Crippen molar-refractivity contribution in [3.05, 3.63) is 12.7 Å². The summed E-state index contributed by atoms with van der Waals surface area (Å²) in [6.07, 6.45) is 5.31. The van der Waals surface area contributed by atoms with Crippen LogP contribution in [0, 0.1) is 0 Å². The minimum atomic E-state index is -0.0411. The van der Waals surface area contributed by atoms with Crippen LogP contribution in [0.4, 0.5) is 5.82 Å². The summed E-state index contributed by atoms with van der Waals surface area (Å²) in [5.41, 5.74) is 12.7. The highest BCUT2D eigenvalue weighted by atomic mass is 16.5. The number of ether oxygens (including phenoxy) is 1. The number of hydrogen-bond donors (Lipinski definition) is 2. The zero-order valence-corrected chi connectivity index (χ0v) is 12.1. The summed E-state index contributed by atoms with van der Waals surface area (Å²) >= 11 is 0. The van der Waals surface area contributed by atoms with E-state index in [2.05, 4.69) is 26.9 Å². The van der Waals surface area contributed by atoms with Gasteiger partial charge in [0, 0.05) is 19.6 Å². The van der Waals surface area contributed by atoms with Crippen molar-refractivity contribution < 1.29 is 4.74 Å². The number of imidazole rings is 1. The van der Waals surface area contributed by atoms with Crippen molar-refractivity contribution in [1.82, 2.24) is 24.4 Å². The minimum Gasteiger partial charge on any atom is -0.382 e. The summed E-state index contributed by atoms with van der Waals surface area (Å²) in [5, 5.41) is 0. The van der Waals surface area contributed by atoms with E-state index in [4.69, 9.17) is 16.2 Å². The molecule has 1 aliphatic heterocycles. The summed E-state index contributed by atoms with van der Waals surface area (Å²) in [6.45, 7) is 2.43. The lowest BCUT2D eigenvalue weighted by molar-refractivity contribution is -0.00809. The summed E-state index contributed by atoms with van der Waals surface area (Å²) in [6, 6.07) is 0. The van der Waals surface area contributed by atoms with Crippen molar-refractivity contribution in [2.24, 2.45) is 5.73 Å². The molecule has 0 spiro atoms. The number of aromatic nitrogens is 4. The zero-order valence-electron chi connectivity index (χ0n) is 12.1. The van der Waals surface area contributed by atoms with E-state index in [0.29, 0.717) is 17.9 Å². The number of nitrogens with zero attached hydrogens (tertiary/aromatic N) is 5. The fourth-order valence-corrected chi connectivity index (χ4v) is 2.77. The number of fused-ring (bicyclic) bond motifs is 1. The Hall–Kier alpha value is -1.77. The van der Waals surface area contributed by atoms with E-state index in [0.717, 1.165) is 31.6 Å². The van der Waals surface area contributed by atoms with Gasteiger partial charge in [-0.15, -0.1) is 0 Å². The number of hydrogen-bond acceptors (Lipinski definition) is 7. The monoisotopic (exact) mass is 291 g/mol. The summed E-state index contributed by atoms with van der Waals surface area (Å²) in [4.78, 5) is 14.7. The maximum atomic E-state index is 6.11. The van der Waals surface area contributed by atoms with Crippen LogP contribution in [0.1, 0.15) is 19.1 Å². The molecule has 1 saturated heterocycles. The highest BCUT2D eigenvalue weighted by molar-refractivity contribution is 5.81. The van der Waals surface area contributed by atoms with Gasteiger partial charge in [0.15, 0.2) is 11.5 Å². The van der Waals surface area contributed by atoms with Crippen molar-refractivity contribution in [2.45, 2.75) is 25.2 Å². The standard InChI is InChI=1S/C13H21N7O/c1-19(5-4-14)6-9-2-3-10(21-9)20-8-18-11-12(15)16-7-17-13(11)20/h7-10H,2-6,14H2,1H3,(H2,15,16,17)/t9-,10+/m0/s1. The van der Waals surface area contributed by atoms with Crippen molar-refractivity contribution in [2.75, 3.05) is 32.4 Å². The molecule has 8 nitrogen and oxygen atoms in total. The van der Waals surface area contributed by atoms with Crippen molar-refractivity contribution >= 4 is 17.0 Å². The Labute approximate surface area is 123 Å². The molecule has 0 unspecified atom stereocenters. The Balaban J connectivity index is 1.72. The molecule has 0 bridgehead atoms. The van der Waals surface area contributed by atoms with Gasteiger partial charge < -0.3 is 21.1 Å². The van der Waals surface area contributed by atoms with Crippen LogP contribution in [0.3, 0.4) is 0 Å². The first kappa shape index (κ1) is 14.2. The van der Waals surface area contributed by atoms with Gasteiger partial charge in [0.25, 0.3) is 0 Å². The van der Waals surface area contributed by atoms with E-state index in [1.807, 2.05) is 4.57 Å². The molecule has 0 radical (unpaired) electrons. The highest BCUT2D eigenvalue weighted by Crippen LogP contribution is 2.31. The van der Waals surface area contributed by atoms with Crippen LogP contribution in [-0.2, 0) is 4.74 Å². The lowest BCUT2D eigenvalue weighted by Gasteiger charge is -2.21. The second-order valence-corrected chi connectivity index (χ2v) is 5.42. The first-order valence-corrected chi connectivity index (χ1v) is 7.16. The molecule has 2 aromatic rings. The van der Waals surface area contributed by atoms with Gasteiger partial charge in [0.1, 0.15) is 18.1 Å². The Kier molecular flexibility index (Phi) is 4.00. The quantitative estimate of drug-likeness (QED) is 0.796. The van der Waals surface area contributed by atoms with Crippen LogP contribution >= 0.6 is 0 Å². The van der Waals surface area contributed by atoms with Crippen LogP contribution in [0.2, 0.25) is 0 Å². The molecule has 0 saturated carbocycles. The van der Waals surface area contributed by atoms with Crippen molar-refractivity contribution in [1.29, 1.82) is 0 Å². The smallest absolute Gasteiger partial charge is 0.167 e. The zero-order chi connectivity index (χ0) is 14.8. The van der Waals surface area contributed by atoms with Gasteiger partial charge >= 0.3 is 0 Å². The normalized spacial score (nSPS) is 22.4. The number of rotatable bonds is 5. The van der Waals surface area contributed by atoms with Crippen molar-refractivity contribution in [3.8, 4) is 0 Å². The first-order chi connectivity index (χ1) is 10.2. The molecular weight excluding hydrogens is 270 g/mol. The third-order valence-electron chi connectivity index (χ3n) is 3.81. The molecular formula is C13H21N7O. The second-order valence-electron chi connectivity index (χ2n) is 5.42. The Morgan fingerprint density at radius 3 is 3.05 bits per heavy atom. The Morgan fingerprint density at radius 1 is 1.38 bits per heavy atom. The number of anilines is 1. The first-order valence-electron chi connectivity index (χ1n) is 7.16. The summed E-state index contributed by atoms with van der Waals surface area (Å²) in [7, 11) is 2.06. The number of nitrogens with two attached hydrogens (primary N) is 2. The molecule has 2 atom stereocenters. The van der Waals surface area contributed by atoms with Gasteiger partial charge in [0.05, 0.1) is 12.4 Å². The molecule has 0 amide bonds. The molecule has 0 aliphatic carbocycles. The van der Waals surface area contributed by atoms with Crippen LogP contribution in [0.15, 0.2) is 12.7 Å². The van der Waals surface area contributed by atoms with E-state index in [9.17, 15) is 0 Å². The van der Waals surface area contributed by atoms with E-state index >= 15 is 0 Å². The molecule has 2 aromatic heterocycles. The topological polar surface area (TPSA) is 108 Å². The molecule has 21 heavy (non-hydrogen) atoms. The lowest BCUT2D eigenvalue weighted by Crippen LogP contribution is -2.32. The molecule has 3 heterocycles. The number of likely N-dealkylation sites (N-methyl/N-ethyl adjacent to an activating group) is 1. The average Bonchev–Trinajstić information content (AvgIpc) is 3.06. The van der Waals surface area contributed by atoms with Gasteiger partial charge in [0.2, 0.25) is 0 Å². The molecule has 8 heteroatoms. The lowest BCUT2D eigenvalue weighted by atomic mass is 10.2. The molecule has 114 valence electrons. The minimum absolute atomic E-state index is 0.0411. The largest absolute Gasteiger partial charge is 0.382 e. The molecule has 0 aromatic carbocycles. The van der Waals surface area contributed by atoms with Gasteiger partial charge in [-0.1, -0.05) is 0 Å². The van der Waals surface area contributed by atoms with Crippen LogP contribution in [0.25, 0.3) is 11.2 Å². The molecule has 1 fully saturated rings. The van der Waals surface area contributed by atoms with Crippen molar-refractivity contribution in [3.63, 3.8) is 0 Å². The SMILES string of the molecule is CN(CCN)C[C@@H]1CC[C@H](n2cnc3c(N)ncnc32)O1. The van der Waals surface area contributed by atoms with Gasteiger partial charge in [-0.25, -0.2) is 15.0 Å². The van der Waals surface area contributed by atoms with Gasteiger partial charge in [-0.05, 0) is 19.9 Å². The van der Waals surface area contributed by atoms with Gasteiger partial charge in [-0.2, -0.15) is 0 Å². The Bertz CT molecular complexity index is 614. The predicted octanol–water partition coefficient (Wildman–Crippen LogP) is -0.0234. The third-order valence-corrected chi connectivity index (χ3v) is 3.81. The summed E-state index contributed by atoms with van der Waals surface area (Å²) in [5.74, 6) is 0.399. The Morgan fingerprint density at radius 2 is 2.24 bits per heavy atom. The maximum absolute atomic E-state index is 6.11. The summed E-state index contributed by atoms with van der Waals surface area (Å²) < 4.78 is 8.05. The van der Waals surface area contributed by atoms with E-state index in [-0.39, 0.29) is 12.3 Å². The third kappa shape index (κ3) is 2.82. The average molecular weight is 291 g/mol. The van der Waals surface area contributed by atoms with E-state index < -0.39 is 0 Å². The molecule has 1 aliphatic rings.